The summed E-state index contributed by atoms with van der Waals surface area (Å²) in [5.41, 5.74) is 1.14. The summed E-state index contributed by atoms with van der Waals surface area (Å²) < 4.78 is 0. The van der Waals surface area contributed by atoms with E-state index in [0.717, 1.165) is 10.9 Å². The van der Waals surface area contributed by atoms with E-state index in [1.54, 1.807) is 30.5 Å². The molecule has 0 aliphatic heterocycles. The minimum absolute atomic E-state index is 0.364. The van der Waals surface area contributed by atoms with E-state index < -0.39 is 12.1 Å². The van der Waals surface area contributed by atoms with Gasteiger partial charge in [-0.1, -0.05) is 12.1 Å². The van der Waals surface area contributed by atoms with Crippen LogP contribution in [0.2, 0.25) is 0 Å². The Morgan fingerprint density at radius 3 is 2.87 bits per heavy atom. The van der Waals surface area contributed by atoms with Crippen molar-refractivity contribution in [2.75, 3.05) is 0 Å². The Balaban J connectivity index is 2.51. The van der Waals surface area contributed by atoms with Gasteiger partial charge in [-0.05, 0) is 23.8 Å². The van der Waals surface area contributed by atoms with E-state index in [2.05, 4.69) is 4.98 Å². The number of hydrogen-bond donors (Lipinski definition) is 2. The van der Waals surface area contributed by atoms with Crippen LogP contribution in [0.25, 0.3) is 10.9 Å². The van der Waals surface area contributed by atoms with Crippen LogP contribution in [0.3, 0.4) is 0 Å². The van der Waals surface area contributed by atoms with Crippen molar-refractivity contribution in [1.82, 2.24) is 4.98 Å². The minimum Gasteiger partial charge on any atom is -0.479 e. The highest BCUT2D eigenvalue weighted by Crippen LogP contribution is 2.18. The molecule has 2 N–H and O–H groups in total. The zero-order valence-electron chi connectivity index (χ0n) is 7.79. The van der Waals surface area contributed by atoms with Crippen LogP contribution >= 0.6 is 0 Å². The Labute approximate surface area is 85.8 Å². The molecule has 1 aromatic heterocycles. The van der Waals surface area contributed by atoms with Crippen LogP contribution in [0.5, 0.6) is 0 Å². The molecule has 0 fully saturated rings. The number of aliphatic carboxylic acids is 1. The molecular formula is C11H9NO3. The number of carboxylic acid groups (broad SMARTS) is 1. The Morgan fingerprint density at radius 1 is 1.33 bits per heavy atom. The SMILES string of the molecule is O=C(O)C(O)c1ccc2ncccc2c1. The molecule has 1 aromatic carbocycles. The average Bonchev–Trinajstić information content (AvgIpc) is 2.27. The standard InChI is InChI=1S/C11H9NO3/c13-10(11(14)15)8-3-4-9-7(6-8)2-1-5-12-9/h1-6,10,13H,(H,14,15). The number of aliphatic hydroxyl groups excluding tert-OH is 1. The van der Waals surface area contributed by atoms with Gasteiger partial charge >= 0.3 is 5.97 Å². The molecule has 2 aromatic rings. The summed E-state index contributed by atoms with van der Waals surface area (Å²) in [5.74, 6) is -1.25. The summed E-state index contributed by atoms with van der Waals surface area (Å²) in [6.07, 6.45) is 0.185. The first-order valence-corrected chi connectivity index (χ1v) is 4.44. The molecule has 1 atom stereocenters. The molecule has 15 heavy (non-hydrogen) atoms. The third kappa shape index (κ3) is 1.80. The number of hydrogen-bond acceptors (Lipinski definition) is 3. The van der Waals surface area contributed by atoms with E-state index in [1.165, 1.54) is 0 Å². The van der Waals surface area contributed by atoms with Crippen LogP contribution in [0.15, 0.2) is 36.5 Å². The summed E-state index contributed by atoms with van der Waals surface area (Å²) in [6, 6.07) is 8.46. The van der Waals surface area contributed by atoms with Gasteiger partial charge in [0.1, 0.15) is 0 Å². The molecule has 0 spiro atoms. The van der Waals surface area contributed by atoms with Crippen LogP contribution in [0, 0.1) is 0 Å². The second kappa shape index (κ2) is 3.67. The van der Waals surface area contributed by atoms with Gasteiger partial charge in [0.15, 0.2) is 6.10 Å². The molecular weight excluding hydrogens is 194 g/mol. The minimum atomic E-state index is -1.48. The van der Waals surface area contributed by atoms with Crippen LogP contribution in [0.1, 0.15) is 11.7 Å². The van der Waals surface area contributed by atoms with Gasteiger partial charge in [-0.2, -0.15) is 0 Å². The third-order valence-corrected chi connectivity index (χ3v) is 2.18. The number of aromatic nitrogens is 1. The number of benzene rings is 1. The van der Waals surface area contributed by atoms with Crippen molar-refractivity contribution < 1.29 is 15.0 Å². The number of rotatable bonds is 2. The Kier molecular flexibility index (Phi) is 2.35. The molecule has 0 aliphatic rings. The van der Waals surface area contributed by atoms with E-state index in [1.807, 2.05) is 6.07 Å². The Morgan fingerprint density at radius 2 is 2.13 bits per heavy atom. The summed E-state index contributed by atoms with van der Waals surface area (Å²) in [4.78, 5) is 14.7. The summed E-state index contributed by atoms with van der Waals surface area (Å²) >= 11 is 0. The molecule has 4 heteroatoms. The zero-order chi connectivity index (χ0) is 10.8. The van der Waals surface area contributed by atoms with Gasteiger partial charge in [-0.15, -0.1) is 0 Å². The van der Waals surface area contributed by atoms with Crippen LogP contribution in [0.4, 0.5) is 0 Å². The maximum Gasteiger partial charge on any atom is 0.337 e. The average molecular weight is 203 g/mol. The number of aliphatic hydroxyl groups is 1. The van der Waals surface area contributed by atoms with Gasteiger partial charge in [-0.25, -0.2) is 4.79 Å². The Bertz CT molecular complexity index is 510. The molecule has 2 rings (SSSR count). The van der Waals surface area contributed by atoms with Gasteiger partial charge in [0, 0.05) is 11.6 Å². The van der Waals surface area contributed by atoms with Gasteiger partial charge in [0.2, 0.25) is 0 Å². The molecule has 0 aliphatic carbocycles. The monoisotopic (exact) mass is 203 g/mol. The van der Waals surface area contributed by atoms with Crippen LogP contribution in [-0.2, 0) is 4.79 Å². The molecule has 0 amide bonds. The van der Waals surface area contributed by atoms with Crippen molar-refractivity contribution in [3.8, 4) is 0 Å². The fourth-order valence-electron chi connectivity index (χ4n) is 1.41. The smallest absolute Gasteiger partial charge is 0.337 e. The van der Waals surface area contributed by atoms with Crippen LogP contribution in [-0.4, -0.2) is 21.2 Å². The highest BCUT2D eigenvalue weighted by atomic mass is 16.4. The highest BCUT2D eigenvalue weighted by molar-refractivity contribution is 5.81. The first kappa shape index (κ1) is 9.61. The number of nitrogens with zero attached hydrogens (tertiary/aromatic N) is 1. The van der Waals surface area contributed by atoms with E-state index in [9.17, 15) is 9.90 Å². The van der Waals surface area contributed by atoms with Crippen molar-refractivity contribution in [2.45, 2.75) is 6.10 Å². The van der Waals surface area contributed by atoms with Gasteiger partial charge < -0.3 is 10.2 Å². The zero-order valence-corrected chi connectivity index (χ0v) is 7.79. The van der Waals surface area contributed by atoms with Crippen molar-refractivity contribution in [2.24, 2.45) is 0 Å². The molecule has 0 bridgehead atoms. The number of carbonyl (C=O) groups is 1. The first-order chi connectivity index (χ1) is 7.18. The van der Waals surface area contributed by atoms with Gasteiger partial charge in [0.25, 0.3) is 0 Å². The number of fused-ring (bicyclic) bond motifs is 1. The quantitative estimate of drug-likeness (QED) is 0.772. The van der Waals surface area contributed by atoms with E-state index >= 15 is 0 Å². The lowest BCUT2D eigenvalue weighted by Crippen LogP contribution is -2.10. The second-order valence-electron chi connectivity index (χ2n) is 3.20. The van der Waals surface area contributed by atoms with Crippen molar-refractivity contribution in [1.29, 1.82) is 0 Å². The lowest BCUT2D eigenvalue weighted by molar-refractivity contribution is -0.146. The highest BCUT2D eigenvalue weighted by Gasteiger charge is 2.15. The lowest BCUT2D eigenvalue weighted by Gasteiger charge is -2.06. The van der Waals surface area contributed by atoms with Crippen molar-refractivity contribution in [3.05, 3.63) is 42.1 Å². The van der Waals surface area contributed by atoms with E-state index in [4.69, 9.17) is 5.11 Å². The van der Waals surface area contributed by atoms with Crippen molar-refractivity contribution >= 4 is 16.9 Å². The molecule has 1 unspecified atom stereocenters. The summed E-state index contributed by atoms with van der Waals surface area (Å²) in [6.45, 7) is 0. The summed E-state index contributed by atoms with van der Waals surface area (Å²) in [5, 5.41) is 18.8. The number of pyridine rings is 1. The third-order valence-electron chi connectivity index (χ3n) is 2.18. The van der Waals surface area contributed by atoms with Gasteiger partial charge in [-0.3, -0.25) is 4.98 Å². The van der Waals surface area contributed by atoms with E-state index in [-0.39, 0.29) is 0 Å². The first-order valence-electron chi connectivity index (χ1n) is 4.44. The second-order valence-corrected chi connectivity index (χ2v) is 3.20. The van der Waals surface area contributed by atoms with E-state index in [0.29, 0.717) is 5.56 Å². The normalized spacial score (nSPS) is 12.6. The molecule has 1 heterocycles. The Hall–Kier alpha value is -1.94. The number of carboxylic acids is 1. The largest absolute Gasteiger partial charge is 0.479 e. The summed E-state index contributed by atoms with van der Waals surface area (Å²) in [7, 11) is 0. The van der Waals surface area contributed by atoms with Gasteiger partial charge in [0.05, 0.1) is 5.52 Å². The van der Waals surface area contributed by atoms with Crippen LogP contribution < -0.4 is 0 Å². The molecule has 0 saturated heterocycles. The molecule has 0 saturated carbocycles. The topological polar surface area (TPSA) is 70.4 Å². The molecule has 76 valence electrons. The molecule has 0 radical (unpaired) electrons. The van der Waals surface area contributed by atoms with Crippen molar-refractivity contribution in [3.63, 3.8) is 0 Å². The lowest BCUT2D eigenvalue weighted by atomic mass is 10.1. The fourth-order valence-corrected chi connectivity index (χ4v) is 1.41. The fraction of sp³-hybridized carbons (Fsp3) is 0.0909. The maximum atomic E-state index is 10.6. The maximum absolute atomic E-state index is 10.6. The predicted molar refractivity (Wildman–Crippen MR) is 54.3 cm³/mol. The molecule has 4 nitrogen and oxygen atoms in total. The predicted octanol–water partition coefficient (Wildman–Crippen LogP) is 1.35.